The summed E-state index contributed by atoms with van der Waals surface area (Å²) < 4.78 is 13.8. The number of hydrogen-bond donors (Lipinski definition) is 1. The van der Waals surface area contributed by atoms with Crippen molar-refractivity contribution in [2.45, 2.75) is 193 Å². The van der Waals surface area contributed by atoms with E-state index in [1.165, 1.54) is 63.1 Å². The van der Waals surface area contributed by atoms with Crippen LogP contribution in [0.3, 0.4) is 0 Å². The lowest BCUT2D eigenvalue weighted by atomic mass is 9.57. The van der Waals surface area contributed by atoms with Gasteiger partial charge < -0.3 is 14.0 Å². The molecule has 43 heavy (non-hydrogen) atoms. The Morgan fingerprint density at radius 3 is 2.21 bits per heavy atom. The molecule has 4 rings (SSSR count). The van der Waals surface area contributed by atoms with Crippen molar-refractivity contribution in [3.63, 3.8) is 0 Å². The minimum absolute atomic E-state index is 0.0129. The van der Waals surface area contributed by atoms with Crippen LogP contribution in [-0.4, -0.2) is 39.0 Å². The van der Waals surface area contributed by atoms with Crippen molar-refractivity contribution in [2.75, 3.05) is 0 Å². The molecule has 0 radical (unpaired) electrons. The number of rotatable bonds is 14. The Hall–Kier alpha value is 0.0538. The fraction of sp³-hybridized carbons (Fsp3) is 0.947. The smallest absolute Gasteiger partial charge is 0.192 e. The van der Waals surface area contributed by atoms with Crippen molar-refractivity contribution in [2.24, 2.45) is 34.5 Å². The Morgan fingerprint density at radius 2 is 1.60 bits per heavy atom. The Bertz CT molecular complexity index is 972. The molecular formula is C38H72O3Si2. The van der Waals surface area contributed by atoms with E-state index in [1.54, 1.807) is 0 Å². The Kier molecular flexibility index (Phi) is 10.5. The average Bonchev–Trinajstić information content (AvgIpc) is 3.26. The minimum atomic E-state index is -1.74. The van der Waals surface area contributed by atoms with Crippen LogP contribution in [-0.2, 0) is 8.85 Å². The van der Waals surface area contributed by atoms with Crippen LogP contribution in [0.25, 0.3) is 0 Å². The number of hydrogen-bond acceptors (Lipinski definition) is 3. The Morgan fingerprint density at radius 1 is 0.953 bits per heavy atom. The molecule has 0 bridgehead atoms. The molecule has 0 aromatic rings. The molecule has 250 valence electrons. The van der Waals surface area contributed by atoms with Crippen LogP contribution < -0.4 is 0 Å². The van der Waals surface area contributed by atoms with E-state index in [0.717, 1.165) is 37.5 Å². The quantitative estimate of drug-likeness (QED) is 0.153. The Balaban J connectivity index is 1.35. The molecular weight excluding hydrogens is 561 g/mol. The summed E-state index contributed by atoms with van der Waals surface area (Å²) in [6, 6.07) is 3.68. The van der Waals surface area contributed by atoms with E-state index in [0.29, 0.717) is 23.4 Å². The molecule has 1 unspecified atom stereocenters. The highest BCUT2D eigenvalue weighted by atomic mass is 28.4. The zero-order valence-corrected chi connectivity index (χ0v) is 32.7. The van der Waals surface area contributed by atoms with E-state index in [9.17, 15) is 5.11 Å². The highest BCUT2D eigenvalue weighted by Gasteiger charge is 2.61. The predicted molar refractivity (Wildman–Crippen MR) is 189 cm³/mol. The molecule has 4 aliphatic carbocycles. The first-order valence-corrected chi connectivity index (χ1v) is 24.0. The molecule has 0 saturated heterocycles. The maximum atomic E-state index is 12.3. The maximum absolute atomic E-state index is 12.3. The fourth-order valence-electron chi connectivity index (χ4n) is 10.2. The van der Waals surface area contributed by atoms with Crippen LogP contribution in [0.5, 0.6) is 0 Å². The Labute approximate surface area is 270 Å². The van der Waals surface area contributed by atoms with E-state index >= 15 is 0 Å². The van der Waals surface area contributed by atoms with E-state index in [-0.39, 0.29) is 16.1 Å². The number of aliphatic hydroxyl groups is 1. The molecule has 0 spiro atoms. The summed E-state index contributed by atoms with van der Waals surface area (Å²) in [5.74, 6) is 2.59. The molecule has 0 amide bonds. The standard InChI is InChI=1S/C38H72O3Si2/c1-13-43(14-2,15-3)41-35(8,9)21-16-18-29(4)32-19-20-33-36(32,10)22-17-23-38(33,39)25-24-37-27-30(37)26-31(28-37)40-42(11,12)34(5,6)7/h24-25,29-33,39H,13-23,26-28H2,1-12H3/b25-24+/t29-,30-,31+,32-,33-,36-,37-,38?/m1/s1. The van der Waals surface area contributed by atoms with Gasteiger partial charge in [0.25, 0.3) is 0 Å². The average molecular weight is 633 g/mol. The van der Waals surface area contributed by atoms with Gasteiger partial charge in [0, 0.05) is 6.10 Å². The lowest BCUT2D eigenvalue weighted by Gasteiger charge is -2.50. The second-order valence-corrected chi connectivity index (χ2v) is 27.9. The highest BCUT2D eigenvalue weighted by molar-refractivity contribution is 6.74. The van der Waals surface area contributed by atoms with Gasteiger partial charge in [-0.15, -0.1) is 0 Å². The van der Waals surface area contributed by atoms with Gasteiger partial charge >= 0.3 is 0 Å². The second kappa shape index (κ2) is 12.6. The third kappa shape index (κ3) is 7.31. The number of allylic oxidation sites excluding steroid dienone is 1. The zero-order chi connectivity index (χ0) is 32.1. The van der Waals surface area contributed by atoms with E-state index in [1.807, 2.05) is 0 Å². The minimum Gasteiger partial charge on any atom is -0.414 e. The maximum Gasteiger partial charge on any atom is 0.192 e. The van der Waals surface area contributed by atoms with Gasteiger partial charge in [-0.3, -0.25) is 0 Å². The summed E-state index contributed by atoms with van der Waals surface area (Å²) in [4.78, 5) is 0. The molecule has 4 aliphatic rings. The molecule has 0 aromatic carbocycles. The number of fused-ring (bicyclic) bond motifs is 2. The van der Waals surface area contributed by atoms with Gasteiger partial charge in [0.15, 0.2) is 16.6 Å². The summed E-state index contributed by atoms with van der Waals surface area (Å²) in [5, 5.41) is 12.6. The first-order valence-electron chi connectivity index (χ1n) is 18.6. The third-order valence-electron chi connectivity index (χ3n) is 14.3. The van der Waals surface area contributed by atoms with Crippen LogP contribution >= 0.6 is 0 Å². The molecule has 0 aliphatic heterocycles. The van der Waals surface area contributed by atoms with E-state index in [2.05, 4.69) is 94.5 Å². The molecule has 8 atom stereocenters. The van der Waals surface area contributed by atoms with Crippen LogP contribution in [0.1, 0.15) is 140 Å². The summed E-state index contributed by atoms with van der Waals surface area (Å²) in [7, 11) is -3.33. The van der Waals surface area contributed by atoms with Crippen molar-refractivity contribution in [3.05, 3.63) is 12.2 Å². The van der Waals surface area contributed by atoms with Gasteiger partial charge in [0.1, 0.15) is 0 Å². The van der Waals surface area contributed by atoms with Crippen LogP contribution in [0.2, 0.25) is 36.3 Å². The van der Waals surface area contributed by atoms with Crippen molar-refractivity contribution in [3.8, 4) is 0 Å². The van der Waals surface area contributed by atoms with Crippen molar-refractivity contribution < 1.29 is 14.0 Å². The second-order valence-electron chi connectivity index (χ2n) is 18.5. The SMILES string of the molecule is CC[Si](CC)(CC)OC(C)(C)CCC[C@@H](C)[C@H]1CC[C@H]2C(O)(/C=C/[C@@]34C[C@@H](O[Si](C)(C)C(C)(C)C)C[C@@H]3C4)CCC[C@]12C. The van der Waals surface area contributed by atoms with Gasteiger partial charge in [0.2, 0.25) is 0 Å². The summed E-state index contributed by atoms with van der Waals surface area (Å²) >= 11 is 0. The van der Waals surface area contributed by atoms with Gasteiger partial charge in [-0.25, -0.2) is 0 Å². The molecule has 1 N–H and O–H groups in total. The first-order chi connectivity index (χ1) is 19.8. The summed E-state index contributed by atoms with van der Waals surface area (Å²) in [6.07, 6.45) is 18.5. The molecule has 0 aromatic heterocycles. The molecule has 3 nitrogen and oxygen atoms in total. The lowest BCUT2D eigenvalue weighted by Crippen LogP contribution is -2.49. The normalized spacial score (nSPS) is 37.5. The lowest BCUT2D eigenvalue weighted by molar-refractivity contribution is -0.0783. The zero-order valence-electron chi connectivity index (χ0n) is 30.7. The van der Waals surface area contributed by atoms with Crippen LogP contribution in [0.4, 0.5) is 0 Å². The molecule has 4 saturated carbocycles. The van der Waals surface area contributed by atoms with Crippen LogP contribution in [0.15, 0.2) is 12.2 Å². The van der Waals surface area contributed by atoms with E-state index in [4.69, 9.17) is 8.85 Å². The molecule has 0 heterocycles. The predicted octanol–water partition coefficient (Wildman–Crippen LogP) is 11.3. The van der Waals surface area contributed by atoms with Gasteiger partial charge in [-0.05, 0) is 142 Å². The topological polar surface area (TPSA) is 38.7 Å². The molecule has 4 fully saturated rings. The first kappa shape index (κ1) is 35.9. The van der Waals surface area contributed by atoms with E-state index < -0.39 is 22.2 Å². The van der Waals surface area contributed by atoms with Crippen molar-refractivity contribution in [1.82, 2.24) is 0 Å². The monoisotopic (exact) mass is 633 g/mol. The highest BCUT2D eigenvalue weighted by Crippen LogP contribution is 2.67. The molecule has 5 heteroatoms. The van der Waals surface area contributed by atoms with Crippen molar-refractivity contribution in [1.29, 1.82) is 0 Å². The third-order valence-corrected chi connectivity index (χ3v) is 23.6. The van der Waals surface area contributed by atoms with Gasteiger partial charge in [0.05, 0.1) is 11.2 Å². The summed E-state index contributed by atoms with van der Waals surface area (Å²) in [6.45, 7) is 28.6. The largest absolute Gasteiger partial charge is 0.414 e. The summed E-state index contributed by atoms with van der Waals surface area (Å²) in [5.41, 5.74) is -0.0979. The van der Waals surface area contributed by atoms with Gasteiger partial charge in [-0.2, -0.15) is 0 Å². The van der Waals surface area contributed by atoms with Crippen LogP contribution in [0, 0.1) is 34.5 Å². The fourth-order valence-corrected chi connectivity index (χ4v) is 14.8. The van der Waals surface area contributed by atoms with Gasteiger partial charge in [-0.1, -0.05) is 80.4 Å². The van der Waals surface area contributed by atoms with Crippen molar-refractivity contribution >= 4 is 16.6 Å².